The lowest BCUT2D eigenvalue weighted by Gasteiger charge is -2.36. The Labute approximate surface area is 125 Å². The predicted octanol–water partition coefficient (Wildman–Crippen LogP) is 3.15. The van der Waals surface area contributed by atoms with Gasteiger partial charge in [0, 0.05) is 45.1 Å². The molecule has 4 heteroatoms. The van der Waals surface area contributed by atoms with Crippen LogP contribution in [0.1, 0.15) is 18.4 Å². The fourth-order valence-corrected chi connectivity index (χ4v) is 2.84. The summed E-state index contributed by atoms with van der Waals surface area (Å²) < 4.78 is 11.2. The zero-order chi connectivity index (χ0) is 14.7. The maximum Gasteiger partial charge on any atom is 0.129 e. The van der Waals surface area contributed by atoms with Gasteiger partial charge in [0.1, 0.15) is 5.82 Å². The van der Waals surface area contributed by atoms with Crippen LogP contribution in [0.25, 0.3) is 10.9 Å². The van der Waals surface area contributed by atoms with Crippen LogP contribution in [0.15, 0.2) is 30.3 Å². The molecule has 0 unspecified atom stereocenters. The molecule has 0 atom stereocenters. The van der Waals surface area contributed by atoms with Crippen LogP contribution in [0, 0.1) is 6.92 Å². The van der Waals surface area contributed by atoms with Gasteiger partial charge in [0.25, 0.3) is 0 Å². The molecule has 1 aromatic carbocycles. The topological polar surface area (TPSA) is 43.4 Å². The van der Waals surface area contributed by atoms with Crippen molar-refractivity contribution < 1.29 is 9.47 Å². The molecule has 1 N–H and O–H groups in total. The predicted molar refractivity (Wildman–Crippen MR) is 84.8 cm³/mol. The quantitative estimate of drug-likeness (QED) is 0.937. The minimum absolute atomic E-state index is 0.141. The standard InChI is InChI=1S/C17H22N2O2/c1-13-11-14-5-3-4-6-15(14)19-16(13)18-12-17(20-2)7-9-21-10-8-17/h3-6,11H,7-10,12H2,1-2H3,(H,18,19). The normalized spacial score (nSPS) is 17.8. The average Bonchev–Trinajstić information content (AvgIpc) is 2.54. The zero-order valence-corrected chi connectivity index (χ0v) is 12.7. The molecule has 1 aliphatic heterocycles. The van der Waals surface area contributed by atoms with Gasteiger partial charge in [0.05, 0.1) is 11.1 Å². The molecule has 21 heavy (non-hydrogen) atoms. The molecule has 3 rings (SSSR count). The summed E-state index contributed by atoms with van der Waals surface area (Å²) in [5, 5.41) is 4.65. The van der Waals surface area contributed by atoms with Crippen molar-refractivity contribution in [2.45, 2.75) is 25.4 Å². The Morgan fingerprint density at radius 1 is 1.29 bits per heavy atom. The van der Waals surface area contributed by atoms with E-state index in [0.29, 0.717) is 0 Å². The Hall–Kier alpha value is -1.65. The van der Waals surface area contributed by atoms with Gasteiger partial charge in [-0.25, -0.2) is 4.98 Å². The highest BCUT2D eigenvalue weighted by molar-refractivity contribution is 5.81. The number of methoxy groups -OCH3 is 1. The minimum atomic E-state index is -0.141. The van der Waals surface area contributed by atoms with E-state index in [4.69, 9.17) is 14.5 Å². The Kier molecular flexibility index (Phi) is 4.08. The molecule has 1 aromatic heterocycles. The molecule has 0 saturated carbocycles. The van der Waals surface area contributed by atoms with Crippen LogP contribution in [0.5, 0.6) is 0 Å². The van der Waals surface area contributed by atoms with Crippen LogP contribution >= 0.6 is 0 Å². The molecule has 0 radical (unpaired) electrons. The van der Waals surface area contributed by atoms with Crippen molar-refractivity contribution in [3.63, 3.8) is 0 Å². The van der Waals surface area contributed by atoms with Gasteiger partial charge in [-0.1, -0.05) is 18.2 Å². The fourth-order valence-electron chi connectivity index (χ4n) is 2.84. The van der Waals surface area contributed by atoms with E-state index in [1.54, 1.807) is 7.11 Å². The molecule has 112 valence electrons. The van der Waals surface area contributed by atoms with Crippen LogP contribution in [-0.2, 0) is 9.47 Å². The molecule has 1 aliphatic rings. The number of aromatic nitrogens is 1. The van der Waals surface area contributed by atoms with Gasteiger partial charge in [-0.3, -0.25) is 0 Å². The SMILES string of the molecule is COC1(CNc2nc3ccccc3cc2C)CCOCC1. The summed E-state index contributed by atoms with van der Waals surface area (Å²) in [6.07, 6.45) is 1.84. The lowest BCUT2D eigenvalue weighted by atomic mass is 9.94. The first-order valence-corrected chi connectivity index (χ1v) is 7.46. The Morgan fingerprint density at radius 2 is 2.05 bits per heavy atom. The summed E-state index contributed by atoms with van der Waals surface area (Å²) >= 11 is 0. The summed E-state index contributed by atoms with van der Waals surface area (Å²) in [6, 6.07) is 10.4. The summed E-state index contributed by atoms with van der Waals surface area (Å²) in [7, 11) is 1.79. The second-order valence-corrected chi connectivity index (χ2v) is 5.70. The van der Waals surface area contributed by atoms with Crippen LogP contribution in [0.4, 0.5) is 5.82 Å². The lowest BCUT2D eigenvalue weighted by molar-refractivity contribution is -0.0807. The molecular weight excluding hydrogens is 264 g/mol. The van der Waals surface area contributed by atoms with Gasteiger partial charge in [0.2, 0.25) is 0 Å². The summed E-state index contributed by atoms with van der Waals surface area (Å²) in [5.41, 5.74) is 2.04. The molecule has 0 bridgehead atoms. The number of hydrogen-bond donors (Lipinski definition) is 1. The van der Waals surface area contributed by atoms with Crippen molar-refractivity contribution in [1.29, 1.82) is 0 Å². The van der Waals surface area contributed by atoms with Gasteiger partial charge in [0.15, 0.2) is 0 Å². The molecule has 4 nitrogen and oxygen atoms in total. The van der Waals surface area contributed by atoms with E-state index < -0.39 is 0 Å². The number of benzene rings is 1. The second-order valence-electron chi connectivity index (χ2n) is 5.70. The third kappa shape index (κ3) is 3.01. The van der Waals surface area contributed by atoms with Crippen molar-refractivity contribution in [3.05, 3.63) is 35.9 Å². The number of rotatable bonds is 4. The van der Waals surface area contributed by atoms with E-state index in [0.717, 1.165) is 49.5 Å². The van der Waals surface area contributed by atoms with Gasteiger partial charge >= 0.3 is 0 Å². The van der Waals surface area contributed by atoms with E-state index >= 15 is 0 Å². The summed E-state index contributed by atoms with van der Waals surface area (Å²) in [6.45, 7) is 4.38. The monoisotopic (exact) mass is 286 g/mol. The molecule has 2 heterocycles. The average molecular weight is 286 g/mol. The number of fused-ring (bicyclic) bond motifs is 1. The summed E-state index contributed by atoms with van der Waals surface area (Å²) in [4.78, 5) is 4.73. The van der Waals surface area contributed by atoms with Gasteiger partial charge < -0.3 is 14.8 Å². The van der Waals surface area contributed by atoms with Crippen molar-refractivity contribution in [2.75, 3.05) is 32.2 Å². The molecule has 1 fully saturated rings. The zero-order valence-electron chi connectivity index (χ0n) is 12.7. The highest BCUT2D eigenvalue weighted by atomic mass is 16.5. The maximum absolute atomic E-state index is 5.76. The largest absolute Gasteiger partial charge is 0.381 e. The summed E-state index contributed by atoms with van der Waals surface area (Å²) in [5.74, 6) is 0.941. The van der Waals surface area contributed by atoms with E-state index in [1.165, 1.54) is 5.39 Å². The van der Waals surface area contributed by atoms with E-state index in [9.17, 15) is 0 Å². The molecule has 0 aliphatic carbocycles. The minimum Gasteiger partial charge on any atom is -0.381 e. The molecule has 0 spiro atoms. The lowest BCUT2D eigenvalue weighted by Crippen LogP contribution is -2.44. The maximum atomic E-state index is 5.76. The first-order valence-electron chi connectivity index (χ1n) is 7.46. The fraction of sp³-hybridized carbons (Fsp3) is 0.471. The highest BCUT2D eigenvalue weighted by Crippen LogP contribution is 2.26. The number of pyridine rings is 1. The number of aryl methyl sites for hydroxylation is 1. The molecule has 0 amide bonds. The number of para-hydroxylation sites is 1. The Morgan fingerprint density at radius 3 is 2.81 bits per heavy atom. The number of nitrogens with zero attached hydrogens (tertiary/aromatic N) is 1. The number of ether oxygens (including phenoxy) is 2. The second kappa shape index (κ2) is 6.00. The van der Waals surface area contributed by atoms with E-state index in [1.807, 2.05) is 18.2 Å². The Bertz CT molecular complexity index is 621. The van der Waals surface area contributed by atoms with Crippen LogP contribution in [0.2, 0.25) is 0 Å². The first-order chi connectivity index (χ1) is 10.2. The van der Waals surface area contributed by atoms with Crippen molar-refractivity contribution >= 4 is 16.7 Å². The third-order valence-corrected chi connectivity index (χ3v) is 4.33. The van der Waals surface area contributed by atoms with E-state index in [2.05, 4.69) is 24.4 Å². The Balaban J connectivity index is 1.79. The van der Waals surface area contributed by atoms with Gasteiger partial charge in [-0.2, -0.15) is 0 Å². The number of hydrogen-bond acceptors (Lipinski definition) is 4. The van der Waals surface area contributed by atoms with E-state index in [-0.39, 0.29) is 5.60 Å². The number of anilines is 1. The van der Waals surface area contributed by atoms with Crippen molar-refractivity contribution in [3.8, 4) is 0 Å². The number of nitrogens with one attached hydrogen (secondary N) is 1. The molecular formula is C17H22N2O2. The smallest absolute Gasteiger partial charge is 0.129 e. The van der Waals surface area contributed by atoms with Crippen LogP contribution < -0.4 is 5.32 Å². The van der Waals surface area contributed by atoms with Gasteiger partial charge in [-0.05, 0) is 24.6 Å². The molecule has 1 saturated heterocycles. The highest BCUT2D eigenvalue weighted by Gasteiger charge is 2.32. The molecule has 2 aromatic rings. The van der Waals surface area contributed by atoms with Crippen LogP contribution in [0.3, 0.4) is 0 Å². The van der Waals surface area contributed by atoms with Crippen LogP contribution in [-0.4, -0.2) is 37.5 Å². The van der Waals surface area contributed by atoms with Crippen molar-refractivity contribution in [2.24, 2.45) is 0 Å². The third-order valence-electron chi connectivity index (χ3n) is 4.33. The van der Waals surface area contributed by atoms with Gasteiger partial charge in [-0.15, -0.1) is 0 Å². The first kappa shape index (κ1) is 14.3. The van der Waals surface area contributed by atoms with Crippen molar-refractivity contribution in [1.82, 2.24) is 4.98 Å².